The van der Waals surface area contributed by atoms with E-state index in [4.69, 9.17) is 9.47 Å². The molecular formula is C33H46N2O6. The molecule has 0 saturated carbocycles. The first-order valence-corrected chi connectivity index (χ1v) is 15.0. The van der Waals surface area contributed by atoms with E-state index in [0.717, 1.165) is 18.4 Å². The zero-order valence-electron chi connectivity index (χ0n) is 24.8. The third kappa shape index (κ3) is 5.86. The van der Waals surface area contributed by atoms with Gasteiger partial charge in [0.2, 0.25) is 11.8 Å². The smallest absolute Gasteiger partial charge is 0.312 e. The Balaban J connectivity index is 1.71. The largest absolute Gasteiger partial charge is 0.465 e. The third-order valence-corrected chi connectivity index (χ3v) is 8.97. The fourth-order valence-corrected chi connectivity index (χ4v) is 7.23. The molecule has 8 heteroatoms. The van der Waals surface area contributed by atoms with Gasteiger partial charge in [-0.05, 0) is 56.9 Å². The SMILES string of the molecule is C=CCCCCOC(=O)[C@@H]1[C@H]2C(=O)N([C@@H](CO)CC(C)C)C(C(=O)N(CC=C)Cc3ccccc3)C23CC[C@@]1(C)O3. The molecule has 3 aliphatic rings. The van der Waals surface area contributed by atoms with Gasteiger partial charge in [-0.3, -0.25) is 14.4 Å². The topological polar surface area (TPSA) is 96.4 Å². The maximum Gasteiger partial charge on any atom is 0.312 e. The van der Waals surface area contributed by atoms with Gasteiger partial charge < -0.3 is 24.4 Å². The number of unbranched alkanes of at least 4 members (excludes halogenated alkanes) is 2. The number of likely N-dealkylation sites (tertiary alicyclic amines) is 1. The molecule has 2 bridgehead atoms. The first-order valence-electron chi connectivity index (χ1n) is 15.0. The molecule has 8 nitrogen and oxygen atoms in total. The number of benzene rings is 1. The maximum atomic E-state index is 14.6. The van der Waals surface area contributed by atoms with Gasteiger partial charge in [-0.15, -0.1) is 13.2 Å². The molecule has 2 amide bonds. The number of allylic oxidation sites excluding steroid dienone is 1. The Hall–Kier alpha value is -2.97. The summed E-state index contributed by atoms with van der Waals surface area (Å²) in [4.78, 5) is 45.8. The highest BCUT2D eigenvalue weighted by atomic mass is 16.6. The minimum atomic E-state index is -1.17. The lowest BCUT2D eigenvalue weighted by Gasteiger charge is -2.40. The third-order valence-electron chi connectivity index (χ3n) is 8.97. The number of nitrogens with zero attached hydrogens (tertiary/aromatic N) is 2. The number of amides is 2. The van der Waals surface area contributed by atoms with Gasteiger partial charge in [0.15, 0.2) is 0 Å². The van der Waals surface area contributed by atoms with Gasteiger partial charge in [0, 0.05) is 13.1 Å². The Labute approximate surface area is 244 Å². The van der Waals surface area contributed by atoms with E-state index in [1.54, 1.807) is 15.9 Å². The summed E-state index contributed by atoms with van der Waals surface area (Å²) in [5.41, 5.74) is -1.12. The monoisotopic (exact) mass is 566 g/mol. The van der Waals surface area contributed by atoms with Crippen LogP contribution in [0.1, 0.15) is 64.9 Å². The number of hydrogen-bond donors (Lipinski definition) is 1. The van der Waals surface area contributed by atoms with Crippen molar-refractivity contribution in [3.8, 4) is 0 Å². The lowest BCUT2D eigenvalue weighted by molar-refractivity contribution is -0.162. The zero-order chi connectivity index (χ0) is 29.8. The van der Waals surface area contributed by atoms with Crippen molar-refractivity contribution >= 4 is 17.8 Å². The molecule has 1 aromatic carbocycles. The Kier molecular flexibility index (Phi) is 9.75. The highest BCUT2D eigenvalue weighted by molar-refractivity contribution is 5.98. The van der Waals surface area contributed by atoms with Crippen molar-refractivity contribution in [3.05, 3.63) is 61.2 Å². The van der Waals surface area contributed by atoms with E-state index in [1.165, 1.54) is 0 Å². The number of rotatable bonds is 15. The fourth-order valence-electron chi connectivity index (χ4n) is 7.23. The molecule has 224 valence electrons. The second kappa shape index (κ2) is 12.9. The zero-order valence-corrected chi connectivity index (χ0v) is 24.8. The number of hydrogen-bond acceptors (Lipinski definition) is 6. The molecule has 3 saturated heterocycles. The van der Waals surface area contributed by atoms with Crippen LogP contribution in [0.25, 0.3) is 0 Å². The van der Waals surface area contributed by atoms with Crippen LogP contribution in [0.15, 0.2) is 55.6 Å². The van der Waals surface area contributed by atoms with E-state index in [0.29, 0.717) is 32.2 Å². The average molecular weight is 567 g/mol. The van der Waals surface area contributed by atoms with Crippen LogP contribution >= 0.6 is 0 Å². The summed E-state index contributed by atoms with van der Waals surface area (Å²) >= 11 is 0. The Morgan fingerprint density at radius 3 is 2.56 bits per heavy atom. The summed E-state index contributed by atoms with van der Waals surface area (Å²) in [6.45, 7) is 14.1. The van der Waals surface area contributed by atoms with Crippen molar-refractivity contribution < 1.29 is 29.0 Å². The molecule has 1 N–H and O–H groups in total. The lowest BCUT2D eigenvalue weighted by Crippen LogP contribution is -2.58. The Morgan fingerprint density at radius 2 is 1.93 bits per heavy atom. The molecule has 6 atom stereocenters. The molecule has 2 unspecified atom stereocenters. The van der Waals surface area contributed by atoms with Gasteiger partial charge in [0.1, 0.15) is 17.6 Å². The summed E-state index contributed by atoms with van der Waals surface area (Å²) in [6.07, 6.45) is 7.45. The van der Waals surface area contributed by atoms with Crippen LogP contribution in [0.5, 0.6) is 0 Å². The van der Waals surface area contributed by atoms with Gasteiger partial charge in [-0.2, -0.15) is 0 Å². The van der Waals surface area contributed by atoms with Crippen LogP contribution < -0.4 is 0 Å². The lowest BCUT2D eigenvalue weighted by atomic mass is 9.66. The summed E-state index contributed by atoms with van der Waals surface area (Å²) in [6, 6.07) is 8.14. The number of aliphatic hydroxyl groups excluding tert-OH is 1. The quantitative estimate of drug-likeness (QED) is 0.194. The molecule has 4 rings (SSSR count). The van der Waals surface area contributed by atoms with E-state index in [-0.39, 0.29) is 37.5 Å². The first-order chi connectivity index (χ1) is 19.6. The number of ether oxygens (including phenoxy) is 2. The molecule has 41 heavy (non-hydrogen) atoms. The van der Waals surface area contributed by atoms with E-state index in [2.05, 4.69) is 13.2 Å². The highest BCUT2D eigenvalue weighted by Gasteiger charge is 2.79. The average Bonchev–Trinajstić information content (AvgIpc) is 3.52. The fraction of sp³-hybridized carbons (Fsp3) is 0.606. The van der Waals surface area contributed by atoms with E-state index >= 15 is 0 Å². The van der Waals surface area contributed by atoms with Crippen LogP contribution in [-0.4, -0.2) is 75.7 Å². The first kappa shape index (κ1) is 31.0. The standard InChI is InChI=1S/C33H46N2O6/c1-6-8-9-13-19-40-31(39)27-26-29(37)35(25(22-36)20-23(3)4)28(33(26)17-16-32(27,5)41-33)30(38)34(18-7-2)21-24-14-11-10-12-15-24/h6-7,10-12,14-15,23,25-28,36H,1-2,8-9,13,16-22H2,3-5H3/t25-,26+,27+,28?,32-,33?/m1/s1. The van der Waals surface area contributed by atoms with Crippen molar-refractivity contribution in [1.29, 1.82) is 0 Å². The van der Waals surface area contributed by atoms with Crippen molar-refractivity contribution in [2.24, 2.45) is 17.8 Å². The van der Waals surface area contributed by atoms with Crippen LogP contribution in [0, 0.1) is 17.8 Å². The summed E-state index contributed by atoms with van der Waals surface area (Å²) in [5, 5.41) is 10.5. The van der Waals surface area contributed by atoms with Gasteiger partial charge >= 0.3 is 5.97 Å². The summed E-state index contributed by atoms with van der Waals surface area (Å²) in [7, 11) is 0. The number of esters is 1. The predicted octanol–water partition coefficient (Wildman–Crippen LogP) is 4.27. The van der Waals surface area contributed by atoms with Crippen molar-refractivity contribution in [3.63, 3.8) is 0 Å². The highest BCUT2D eigenvalue weighted by Crippen LogP contribution is 2.63. The minimum Gasteiger partial charge on any atom is -0.465 e. The predicted molar refractivity (Wildman–Crippen MR) is 156 cm³/mol. The van der Waals surface area contributed by atoms with E-state index in [9.17, 15) is 19.5 Å². The summed E-state index contributed by atoms with van der Waals surface area (Å²) < 4.78 is 12.4. The Morgan fingerprint density at radius 1 is 1.20 bits per heavy atom. The van der Waals surface area contributed by atoms with Crippen LogP contribution in [0.4, 0.5) is 0 Å². The van der Waals surface area contributed by atoms with Crippen LogP contribution in [0.3, 0.4) is 0 Å². The molecule has 0 aliphatic carbocycles. The van der Waals surface area contributed by atoms with E-state index < -0.39 is 41.1 Å². The van der Waals surface area contributed by atoms with Gasteiger partial charge in [-0.1, -0.05) is 56.3 Å². The van der Waals surface area contributed by atoms with Crippen molar-refractivity contribution in [1.82, 2.24) is 9.80 Å². The molecule has 1 aromatic rings. The molecule has 3 fully saturated rings. The molecule has 1 spiro atoms. The number of aliphatic hydroxyl groups is 1. The number of carbonyl (C=O) groups is 3. The molecule has 0 radical (unpaired) electrons. The van der Waals surface area contributed by atoms with Crippen molar-refractivity contribution in [2.75, 3.05) is 19.8 Å². The van der Waals surface area contributed by atoms with Gasteiger partial charge in [0.25, 0.3) is 0 Å². The Bertz CT molecular complexity index is 1120. The second-order valence-electron chi connectivity index (χ2n) is 12.4. The molecular weight excluding hydrogens is 520 g/mol. The minimum absolute atomic E-state index is 0.174. The van der Waals surface area contributed by atoms with Gasteiger partial charge in [-0.25, -0.2) is 0 Å². The number of carbonyl (C=O) groups excluding carboxylic acids is 3. The molecule has 3 aliphatic heterocycles. The van der Waals surface area contributed by atoms with Crippen LogP contribution in [0.2, 0.25) is 0 Å². The van der Waals surface area contributed by atoms with Gasteiger partial charge in [0.05, 0.1) is 30.8 Å². The van der Waals surface area contributed by atoms with Crippen LogP contribution in [-0.2, 0) is 30.4 Å². The summed E-state index contributed by atoms with van der Waals surface area (Å²) in [5.74, 6) is -2.50. The maximum absolute atomic E-state index is 14.6. The van der Waals surface area contributed by atoms with Crippen molar-refractivity contribution in [2.45, 2.75) is 89.1 Å². The molecule has 3 heterocycles. The number of fused-ring (bicyclic) bond motifs is 1. The molecule has 0 aromatic heterocycles. The van der Waals surface area contributed by atoms with E-state index in [1.807, 2.05) is 57.2 Å². The normalized spacial score (nSPS) is 29.0. The second-order valence-corrected chi connectivity index (χ2v) is 12.4.